The number of carbonyl (C=O) groups is 1. The highest BCUT2D eigenvalue weighted by Gasteiger charge is 2.31. The molecule has 3 N–H and O–H groups in total. The zero-order valence-corrected chi connectivity index (χ0v) is 18.0. The molecule has 0 aliphatic carbocycles. The fourth-order valence-electron chi connectivity index (χ4n) is 4.23. The SMILES string of the molecule is O=CC1Nc2scc(-c3ccc(-c4ccccc4)cc3CO)c2C(O)=C1c1ccccc1. The molecular formula is C27H21NO3S. The lowest BCUT2D eigenvalue weighted by Crippen LogP contribution is -2.27. The second kappa shape index (κ2) is 8.46. The van der Waals surface area contributed by atoms with Crippen molar-refractivity contribution in [3.8, 4) is 22.3 Å². The minimum atomic E-state index is -0.630. The van der Waals surface area contributed by atoms with Gasteiger partial charge in [-0.1, -0.05) is 72.8 Å². The van der Waals surface area contributed by atoms with Crippen LogP contribution in [0.4, 0.5) is 5.00 Å². The Kier molecular flexibility index (Phi) is 5.35. The van der Waals surface area contributed by atoms with Gasteiger partial charge in [-0.2, -0.15) is 0 Å². The maximum absolute atomic E-state index is 11.8. The van der Waals surface area contributed by atoms with Crippen molar-refractivity contribution in [2.24, 2.45) is 0 Å². The highest BCUT2D eigenvalue weighted by atomic mass is 32.1. The Morgan fingerprint density at radius 1 is 0.875 bits per heavy atom. The number of anilines is 1. The first-order chi connectivity index (χ1) is 15.7. The van der Waals surface area contributed by atoms with E-state index < -0.39 is 6.04 Å². The van der Waals surface area contributed by atoms with Gasteiger partial charge in [-0.05, 0) is 33.9 Å². The summed E-state index contributed by atoms with van der Waals surface area (Å²) >= 11 is 1.44. The number of aldehydes is 1. The number of aliphatic hydroxyl groups is 2. The molecule has 0 bridgehead atoms. The maximum Gasteiger partial charge on any atom is 0.146 e. The summed E-state index contributed by atoms with van der Waals surface area (Å²) in [6, 6.07) is 24.8. The molecule has 1 atom stereocenters. The molecule has 3 aromatic carbocycles. The summed E-state index contributed by atoms with van der Waals surface area (Å²) in [5, 5.41) is 27.4. The van der Waals surface area contributed by atoms with E-state index in [0.717, 1.165) is 44.7 Å². The molecule has 5 heteroatoms. The largest absolute Gasteiger partial charge is 0.507 e. The van der Waals surface area contributed by atoms with Crippen LogP contribution in [0.5, 0.6) is 0 Å². The number of benzene rings is 3. The topological polar surface area (TPSA) is 69.6 Å². The highest BCUT2D eigenvalue weighted by Crippen LogP contribution is 2.47. The van der Waals surface area contributed by atoms with Crippen LogP contribution in [-0.2, 0) is 11.4 Å². The zero-order valence-electron chi connectivity index (χ0n) is 17.2. The van der Waals surface area contributed by atoms with E-state index in [1.807, 2.05) is 84.2 Å². The van der Waals surface area contributed by atoms with Crippen LogP contribution in [0, 0.1) is 0 Å². The molecule has 1 unspecified atom stereocenters. The first-order valence-electron chi connectivity index (χ1n) is 10.3. The number of hydrogen-bond donors (Lipinski definition) is 3. The van der Waals surface area contributed by atoms with Crippen molar-refractivity contribution < 1.29 is 15.0 Å². The Morgan fingerprint density at radius 3 is 2.22 bits per heavy atom. The van der Waals surface area contributed by atoms with Crippen LogP contribution in [0.25, 0.3) is 33.6 Å². The van der Waals surface area contributed by atoms with Gasteiger partial charge in [0.2, 0.25) is 0 Å². The van der Waals surface area contributed by atoms with Gasteiger partial charge in [0.15, 0.2) is 0 Å². The molecule has 0 saturated heterocycles. The number of carbonyl (C=O) groups excluding carboxylic acids is 1. The molecule has 0 amide bonds. The van der Waals surface area contributed by atoms with E-state index in [9.17, 15) is 15.0 Å². The molecule has 1 aromatic heterocycles. The summed E-state index contributed by atoms with van der Waals surface area (Å²) < 4.78 is 0. The lowest BCUT2D eigenvalue weighted by Gasteiger charge is -2.25. The highest BCUT2D eigenvalue weighted by molar-refractivity contribution is 7.15. The van der Waals surface area contributed by atoms with Crippen LogP contribution < -0.4 is 5.32 Å². The summed E-state index contributed by atoms with van der Waals surface area (Å²) in [7, 11) is 0. The third-order valence-electron chi connectivity index (χ3n) is 5.77. The first kappa shape index (κ1) is 20.2. The summed E-state index contributed by atoms with van der Waals surface area (Å²) in [5.41, 5.74) is 6.56. The fraction of sp³-hybridized carbons (Fsp3) is 0.0741. The number of hydrogen-bond acceptors (Lipinski definition) is 5. The Hall–Kier alpha value is -3.67. The zero-order chi connectivity index (χ0) is 22.1. The Labute approximate surface area is 190 Å². The minimum Gasteiger partial charge on any atom is -0.507 e. The van der Waals surface area contributed by atoms with Crippen molar-refractivity contribution in [3.05, 3.63) is 101 Å². The average Bonchev–Trinajstić information content (AvgIpc) is 3.28. The van der Waals surface area contributed by atoms with Gasteiger partial charge in [0.05, 0.1) is 12.2 Å². The number of fused-ring (bicyclic) bond motifs is 1. The summed E-state index contributed by atoms with van der Waals surface area (Å²) in [6.45, 7) is -0.124. The predicted octanol–water partition coefficient (Wildman–Crippen LogP) is 5.99. The average molecular weight is 440 g/mol. The molecule has 5 rings (SSSR count). The normalized spacial score (nSPS) is 15.2. The number of aliphatic hydroxyl groups excluding tert-OH is 2. The molecule has 2 heterocycles. The van der Waals surface area contributed by atoms with Gasteiger partial charge in [-0.25, -0.2) is 0 Å². The van der Waals surface area contributed by atoms with E-state index in [1.54, 1.807) is 0 Å². The smallest absolute Gasteiger partial charge is 0.146 e. The second-order valence-corrected chi connectivity index (χ2v) is 8.52. The number of thiophene rings is 1. The van der Waals surface area contributed by atoms with Crippen molar-refractivity contribution in [2.75, 3.05) is 5.32 Å². The number of rotatable bonds is 5. The van der Waals surface area contributed by atoms with E-state index in [0.29, 0.717) is 11.1 Å². The molecule has 32 heavy (non-hydrogen) atoms. The lowest BCUT2D eigenvalue weighted by molar-refractivity contribution is -0.107. The second-order valence-electron chi connectivity index (χ2n) is 7.64. The van der Waals surface area contributed by atoms with Crippen molar-refractivity contribution >= 4 is 34.0 Å². The summed E-state index contributed by atoms with van der Waals surface area (Å²) in [6.07, 6.45) is 0.814. The quantitative estimate of drug-likeness (QED) is 0.334. The first-order valence-corrected chi connectivity index (χ1v) is 11.2. The van der Waals surface area contributed by atoms with E-state index in [-0.39, 0.29) is 12.4 Å². The van der Waals surface area contributed by atoms with E-state index in [1.165, 1.54) is 11.3 Å². The molecule has 1 aliphatic rings. The maximum atomic E-state index is 11.8. The van der Waals surface area contributed by atoms with Gasteiger partial charge < -0.3 is 20.3 Å². The molecular weight excluding hydrogens is 418 g/mol. The van der Waals surface area contributed by atoms with Gasteiger partial charge in [0.1, 0.15) is 23.1 Å². The molecule has 0 fully saturated rings. The van der Waals surface area contributed by atoms with Gasteiger partial charge in [0, 0.05) is 16.5 Å². The Bertz CT molecular complexity index is 1310. The molecule has 158 valence electrons. The Morgan fingerprint density at radius 2 is 1.56 bits per heavy atom. The van der Waals surface area contributed by atoms with E-state index in [2.05, 4.69) is 5.32 Å². The van der Waals surface area contributed by atoms with Crippen LogP contribution in [0.1, 0.15) is 16.7 Å². The van der Waals surface area contributed by atoms with Gasteiger partial charge in [0.25, 0.3) is 0 Å². The predicted molar refractivity (Wildman–Crippen MR) is 130 cm³/mol. The van der Waals surface area contributed by atoms with Crippen LogP contribution in [-0.4, -0.2) is 22.5 Å². The summed E-state index contributed by atoms with van der Waals surface area (Å²) in [5.74, 6) is 0.0920. The Balaban J connectivity index is 1.66. The third-order valence-corrected chi connectivity index (χ3v) is 6.69. The number of nitrogens with one attached hydrogen (secondary N) is 1. The minimum absolute atomic E-state index is 0.0920. The van der Waals surface area contributed by atoms with Gasteiger partial charge in [-0.15, -0.1) is 11.3 Å². The summed E-state index contributed by atoms with van der Waals surface area (Å²) in [4.78, 5) is 11.8. The van der Waals surface area contributed by atoms with E-state index in [4.69, 9.17) is 0 Å². The van der Waals surface area contributed by atoms with Gasteiger partial charge >= 0.3 is 0 Å². The van der Waals surface area contributed by atoms with Crippen molar-refractivity contribution in [2.45, 2.75) is 12.6 Å². The molecule has 1 aliphatic heterocycles. The monoisotopic (exact) mass is 439 g/mol. The molecule has 4 nitrogen and oxygen atoms in total. The lowest BCUT2D eigenvalue weighted by atomic mass is 9.89. The van der Waals surface area contributed by atoms with Crippen LogP contribution in [0.3, 0.4) is 0 Å². The van der Waals surface area contributed by atoms with Crippen LogP contribution in [0.2, 0.25) is 0 Å². The standard InChI is InChI=1S/C27H21NO3S/c29-14-20-13-19(17-7-3-1-4-8-17)11-12-21(20)22-16-32-27-25(22)26(31)24(23(15-30)28-27)18-9-5-2-6-10-18/h1-13,15-16,23,28-29,31H,14H2. The van der Waals surface area contributed by atoms with Gasteiger partial charge in [-0.3, -0.25) is 0 Å². The molecule has 0 spiro atoms. The fourth-order valence-corrected chi connectivity index (χ4v) is 5.23. The van der Waals surface area contributed by atoms with E-state index >= 15 is 0 Å². The van der Waals surface area contributed by atoms with Crippen LogP contribution in [0.15, 0.2) is 84.2 Å². The molecule has 4 aromatic rings. The van der Waals surface area contributed by atoms with Crippen molar-refractivity contribution in [1.29, 1.82) is 0 Å². The third kappa shape index (κ3) is 3.42. The molecule has 0 radical (unpaired) electrons. The van der Waals surface area contributed by atoms with Crippen molar-refractivity contribution in [3.63, 3.8) is 0 Å². The van der Waals surface area contributed by atoms with Crippen molar-refractivity contribution in [1.82, 2.24) is 0 Å². The molecule has 0 saturated carbocycles. The van der Waals surface area contributed by atoms with Crippen LogP contribution >= 0.6 is 11.3 Å².